The van der Waals surface area contributed by atoms with Crippen molar-refractivity contribution in [3.63, 3.8) is 0 Å². The van der Waals surface area contributed by atoms with Gasteiger partial charge >= 0.3 is 0 Å². The number of pyridine rings is 1. The smallest absolute Gasteiger partial charge is 0.129 e. The number of aromatic nitrogens is 1. The van der Waals surface area contributed by atoms with Crippen LogP contribution in [0, 0.1) is 0 Å². The van der Waals surface area contributed by atoms with Crippen LogP contribution in [0.1, 0.15) is 23.7 Å². The number of aliphatic hydroxyl groups excluding tert-OH is 1. The van der Waals surface area contributed by atoms with Crippen molar-refractivity contribution in [1.29, 1.82) is 0 Å². The maximum absolute atomic E-state index is 10.3. The van der Waals surface area contributed by atoms with Crippen molar-refractivity contribution in [1.82, 2.24) is 4.98 Å². The SMILES string of the molecule is CCc1ccc(CC(O)C2Cc3ccccc3O2)nc1. The zero-order valence-electron chi connectivity index (χ0n) is 11.6. The van der Waals surface area contributed by atoms with Crippen LogP contribution in [0.15, 0.2) is 42.6 Å². The van der Waals surface area contributed by atoms with E-state index in [9.17, 15) is 5.11 Å². The number of aryl methyl sites for hydroxylation is 1. The normalized spacial score (nSPS) is 18.4. The molecule has 2 unspecified atom stereocenters. The molecular weight excluding hydrogens is 250 g/mol. The molecule has 2 atom stereocenters. The zero-order valence-corrected chi connectivity index (χ0v) is 11.6. The Morgan fingerprint density at radius 1 is 1.30 bits per heavy atom. The second-order valence-corrected chi connectivity index (χ2v) is 5.25. The Hall–Kier alpha value is -1.87. The van der Waals surface area contributed by atoms with Crippen molar-refractivity contribution < 1.29 is 9.84 Å². The third-order valence-corrected chi connectivity index (χ3v) is 3.81. The van der Waals surface area contributed by atoms with Gasteiger partial charge in [-0.25, -0.2) is 0 Å². The van der Waals surface area contributed by atoms with E-state index in [1.807, 2.05) is 30.5 Å². The van der Waals surface area contributed by atoms with Crippen molar-refractivity contribution >= 4 is 0 Å². The number of rotatable bonds is 4. The fraction of sp³-hybridized carbons (Fsp3) is 0.353. The molecule has 20 heavy (non-hydrogen) atoms. The molecule has 1 aromatic carbocycles. The van der Waals surface area contributed by atoms with Crippen LogP contribution in [0.3, 0.4) is 0 Å². The summed E-state index contributed by atoms with van der Waals surface area (Å²) in [5.41, 5.74) is 3.30. The maximum atomic E-state index is 10.3. The van der Waals surface area contributed by atoms with E-state index >= 15 is 0 Å². The Morgan fingerprint density at radius 3 is 2.85 bits per heavy atom. The highest BCUT2D eigenvalue weighted by molar-refractivity contribution is 5.37. The van der Waals surface area contributed by atoms with Gasteiger partial charge in [-0.2, -0.15) is 0 Å². The molecule has 2 heterocycles. The summed E-state index contributed by atoms with van der Waals surface area (Å²) in [5, 5.41) is 10.3. The van der Waals surface area contributed by atoms with Crippen molar-refractivity contribution in [2.24, 2.45) is 0 Å². The van der Waals surface area contributed by atoms with E-state index in [1.165, 1.54) is 11.1 Å². The lowest BCUT2D eigenvalue weighted by Gasteiger charge is -2.17. The Morgan fingerprint density at radius 2 is 2.15 bits per heavy atom. The maximum Gasteiger partial charge on any atom is 0.129 e. The lowest BCUT2D eigenvalue weighted by molar-refractivity contribution is 0.0496. The van der Waals surface area contributed by atoms with Crippen molar-refractivity contribution in [2.75, 3.05) is 0 Å². The van der Waals surface area contributed by atoms with Gasteiger partial charge in [0.15, 0.2) is 0 Å². The van der Waals surface area contributed by atoms with E-state index in [1.54, 1.807) is 0 Å². The van der Waals surface area contributed by atoms with Gasteiger partial charge in [-0.3, -0.25) is 4.98 Å². The minimum absolute atomic E-state index is 0.167. The van der Waals surface area contributed by atoms with Gasteiger partial charge in [0, 0.05) is 24.7 Å². The average molecular weight is 269 g/mol. The second kappa shape index (κ2) is 5.63. The van der Waals surface area contributed by atoms with E-state index in [4.69, 9.17) is 4.74 Å². The van der Waals surface area contributed by atoms with E-state index in [2.05, 4.69) is 24.0 Å². The molecule has 1 N–H and O–H groups in total. The topological polar surface area (TPSA) is 42.4 Å². The van der Waals surface area contributed by atoms with Crippen LogP contribution in [0.25, 0.3) is 0 Å². The molecule has 0 saturated carbocycles. The molecule has 0 saturated heterocycles. The number of para-hydroxylation sites is 1. The first-order valence-electron chi connectivity index (χ1n) is 7.12. The van der Waals surface area contributed by atoms with Gasteiger partial charge in [0.1, 0.15) is 11.9 Å². The number of aliphatic hydroxyl groups is 1. The van der Waals surface area contributed by atoms with Gasteiger partial charge in [-0.15, -0.1) is 0 Å². The van der Waals surface area contributed by atoms with Gasteiger partial charge in [-0.1, -0.05) is 31.2 Å². The quantitative estimate of drug-likeness (QED) is 0.927. The first kappa shape index (κ1) is 13.1. The van der Waals surface area contributed by atoms with Crippen molar-refractivity contribution in [3.8, 4) is 5.75 Å². The van der Waals surface area contributed by atoms with Crippen LogP contribution in [-0.2, 0) is 19.3 Å². The summed E-state index contributed by atoms with van der Waals surface area (Å²) in [6.07, 6.45) is 3.47. The summed E-state index contributed by atoms with van der Waals surface area (Å²) in [5.74, 6) is 0.894. The number of benzene rings is 1. The molecule has 1 aliphatic rings. The van der Waals surface area contributed by atoms with Gasteiger partial charge in [0.05, 0.1) is 6.10 Å². The molecule has 0 amide bonds. The monoisotopic (exact) mass is 269 g/mol. The Labute approximate surface area is 119 Å². The molecule has 104 valence electrons. The fourth-order valence-corrected chi connectivity index (χ4v) is 2.55. The summed E-state index contributed by atoms with van der Waals surface area (Å²) in [6.45, 7) is 2.11. The Bertz CT molecular complexity index is 555. The molecule has 0 aliphatic carbocycles. The fourth-order valence-electron chi connectivity index (χ4n) is 2.55. The minimum atomic E-state index is -0.526. The van der Waals surface area contributed by atoms with E-state index < -0.39 is 6.10 Å². The molecular formula is C17H19NO2. The number of hydrogen-bond acceptors (Lipinski definition) is 3. The summed E-state index contributed by atoms with van der Waals surface area (Å²) in [4.78, 5) is 4.39. The van der Waals surface area contributed by atoms with E-state index in [-0.39, 0.29) is 6.10 Å². The summed E-state index contributed by atoms with van der Waals surface area (Å²) in [7, 11) is 0. The highest BCUT2D eigenvalue weighted by Gasteiger charge is 2.29. The number of hydrogen-bond donors (Lipinski definition) is 1. The van der Waals surface area contributed by atoms with Gasteiger partial charge in [0.2, 0.25) is 0 Å². The molecule has 3 rings (SSSR count). The molecule has 1 aromatic heterocycles. The summed E-state index contributed by atoms with van der Waals surface area (Å²) < 4.78 is 5.81. The minimum Gasteiger partial charge on any atom is -0.487 e. The molecule has 3 heteroatoms. The van der Waals surface area contributed by atoms with Crippen LogP contribution in [0.4, 0.5) is 0 Å². The first-order valence-corrected chi connectivity index (χ1v) is 7.12. The summed E-state index contributed by atoms with van der Waals surface area (Å²) in [6, 6.07) is 12.0. The predicted molar refractivity (Wildman–Crippen MR) is 77.9 cm³/mol. The van der Waals surface area contributed by atoms with Crippen LogP contribution in [0.5, 0.6) is 5.75 Å². The largest absolute Gasteiger partial charge is 0.487 e. The highest BCUT2D eigenvalue weighted by Crippen LogP contribution is 2.30. The van der Waals surface area contributed by atoms with E-state index in [0.29, 0.717) is 6.42 Å². The number of ether oxygens (including phenoxy) is 1. The molecule has 0 radical (unpaired) electrons. The van der Waals surface area contributed by atoms with E-state index in [0.717, 1.165) is 24.3 Å². The average Bonchev–Trinajstić information content (AvgIpc) is 2.92. The lowest BCUT2D eigenvalue weighted by Crippen LogP contribution is -2.32. The summed E-state index contributed by atoms with van der Waals surface area (Å²) >= 11 is 0. The third kappa shape index (κ3) is 2.68. The Balaban J connectivity index is 1.64. The zero-order chi connectivity index (χ0) is 13.9. The van der Waals surface area contributed by atoms with Crippen LogP contribution in [0.2, 0.25) is 0 Å². The molecule has 1 aliphatic heterocycles. The number of fused-ring (bicyclic) bond motifs is 1. The Kier molecular flexibility index (Phi) is 3.70. The second-order valence-electron chi connectivity index (χ2n) is 5.25. The van der Waals surface area contributed by atoms with Gasteiger partial charge < -0.3 is 9.84 Å². The lowest BCUT2D eigenvalue weighted by atomic mass is 10.0. The molecule has 0 bridgehead atoms. The van der Waals surface area contributed by atoms with Crippen molar-refractivity contribution in [2.45, 2.75) is 38.4 Å². The highest BCUT2D eigenvalue weighted by atomic mass is 16.5. The molecule has 0 spiro atoms. The standard InChI is InChI=1S/C17H19NO2/c1-2-12-7-8-14(18-11-12)10-15(19)17-9-13-5-3-4-6-16(13)20-17/h3-8,11,15,17,19H,2,9-10H2,1H3. The molecule has 3 nitrogen and oxygen atoms in total. The van der Waals surface area contributed by atoms with Crippen LogP contribution < -0.4 is 4.74 Å². The third-order valence-electron chi connectivity index (χ3n) is 3.81. The van der Waals surface area contributed by atoms with Crippen LogP contribution >= 0.6 is 0 Å². The molecule has 2 aromatic rings. The van der Waals surface area contributed by atoms with Crippen molar-refractivity contribution in [3.05, 3.63) is 59.4 Å². The molecule has 0 fully saturated rings. The van der Waals surface area contributed by atoms with Gasteiger partial charge in [-0.05, 0) is 29.7 Å². The number of nitrogens with zero attached hydrogens (tertiary/aromatic N) is 1. The van der Waals surface area contributed by atoms with Crippen LogP contribution in [-0.4, -0.2) is 22.3 Å². The van der Waals surface area contributed by atoms with Gasteiger partial charge in [0.25, 0.3) is 0 Å². The predicted octanol–water partition coefficient (Wildman–Crippen LogP) is 2.55. The first-order chi connectivity index (χ1) is 9.76.